The Hall–Kier alpha value is -0.870. The van der Waals surface area contributed by atoms with E-state index in [9.17, 15) is 0 Å². The summed E-state index contributed by atoms with van der Waals surface area (Å²) < 4.78 is 0. The van der Waals surface area contributed by atoms with Crippen molar-refractivity contribution in [3.05, 3.63) is 12.7 Å². The number of allylic oxidation sites excluding steroid dienone is 1. The van der Waals surface area contributed by atoms with E-state index in [2.05, 4.69) is 34.4 Å². The van der Waals surface area contributed by atoms with E-state index in [-0.39, 0.29) is 0 Å². The lowest BCUT2D eigenvalue weighted by Crippen LogP contribution is -2.29. The molecule has 0 aromatic rings. The molecular formula is C10H22N4. The van der Waals surface area contributed by atoms with Crippen molar-refractivity contribution in [1.29, 1.82) is 0 Å². The molecule has 0 saturated carbocycles. The third-order valence-electron chi connectivity index (χ3n) is 1.98. The van der Waals surface area contributed by atoms with E-state index in [0.717, 1.165) is 31.8 Å². The van der Waals surface area contributed by atoms with Gasteiger partial charge < -0.3 is 15.6 Å². The van der Waals surface area contributed by atoms with Gasteiger partial charge in [0.05, 0.1) is 5.71 Å². The second-order valence-corrected chi connectivity index (χ2v) is 3.19. The fourth-order valence-electron chi connectivity index (χ4n) is 1.07. The first-order chi connectivity index (χ1) is 6.74. The van der Waals surface area contributed by atoms with Crippen LogP contribution in [0.15, 0.2) is 17.8 Å². The first-order valence-electron chi connectivity index (χ1n) is 4.93. The molecule has 0 aromatic carbocycles. The maximum absolute atomic E-state index is 4.10. The predicted octanol–water partition coefficient (Wildman–Crippen LogP) is 0.289. The third kappa shape index (κ3) is 6.62. The van der Waals surface area contributed by atoms with E-state index in [4.69, 9.17) is 0 Å². The first-order valence-corrected chi connectivity index (χ1v) is 4.93. The van der Waals surface area contributed by atoms with Gasteiger partial charge in [-0.2, -0.15) is 5.10 Å². The van der Waals surface area contributed by atoms with Crippen LogP contribution >= 0.6 is 0 Å². The Morgan fingerprint density at radius 3 is 2.64 bits per heavy atom. The van der Waals surface area contributed by atoms with E-state index >= 15 is 0 Å². The van der Waals surface area contributed by atoms with Gasteiger partial charge in [0, 0.05) is 33.1 Å². The van der Waals surface area contributed by atoms with E-state index in [1.165, 1.54) is 0 Å². The van der Waals surface area contributed by atoms with Crippen LogP contribution in [0, 0.1) is 0 Å². The highest BCUT2D eigenvalue weighted by atomic mass is 15.3. The van der Waals surface area contributed by atoms with Gasteiger partial charge in [0.15, 0.2) is 0 Å². The van der Waals surface area contributed by atoms with Gasteiger partial charge in [0.25, 0.3) is 0 Å². The van der Waals surface area contributed by atoms with Gasteiger partial charge in [0.2, 0.25) is 0 Å². The van der Waals surface area contributed by atoms with Crippen LogP contribution in [-0.4, -0.2) is 51.4 Å². The van der Waals surface area contributed by atoms with Crippen LogP contribution in [0.5, 0.6) is 0 Å². The molecule has 0 radical (unpaired) electrons. The highest BCUT2D eigenvalue weighted by Gasteiger charge is 1.99. The van der Waals surface area contributed by atoms with Crippen LogP contribution in [0.2, 0.25) is 0 Å². The van der Waals surface area contributed by atoms with Gasteiger partial charge in [-0.05, 0) is 20.2 Å². The zero-order valence-electron chi connectivity index (χ0n) is 9.51. The number of likely N-dealkylation sites (N-methyl/N-ethyl adjacent to an activating group) is 2. The average Bonchev–Trinajstić information content (AvgIpc) is 2.21. The van der Waals surface area contributed by atoms with Gasteiger partial charge in [-0.3, -0.25) is 0 Å². The molecule has 0 bridgehead atoms. The van der Waals surface area contributed by atoms with Gasteiger partial charge in [-0.1, -0.05) is 6.58 Å². The highest BCUT2D eigenvalue weighted by molar-refractivity contribution is 5.94. The lowest BCUT2D eigenvalue weighted by molar-refractivity contribution is 0.345. The minimum Gasteiger partial charge on any atom is -0.318 e. The SMILES string of the molecule is C=C/C(CCN(C)CCNC)=N/NC. The van der Waals surface area contributed by atoms with Crippen molar-refractivity contribution in [3.63, 3.8) is 0 Å². The van der Waals surface area contributed by atoms with Crippen molar-refractivity contribution in [1.82, 2.24) is 15.6 Å². The van der Waals surface area contributed by atoms with Gasteiger partial charge in [0.1, 0.15) is 0 Å². The minimum absolute atomic E-state index is 0.935. The largest absolute Gasteiger partial charge is 0.318 e. The molecule has 0 rings (SSSR count). The van der Waals surface area contributed by atoms with Crippen LogP contribution in [0.4, 0.5) is 0 Å². The van der Waals surface area contributed by atoms with Crippen LogP contribution in [0.1, 0.15) is 6.42 Å². The molecule has 0 heterocycles. The molecule has 0 fully saturated rings. The number of hydrogen-bond acceptors (Lipinski definition) is 4. The van der Waals surface area contributed by atoms with E-state index in [0.29, 0.717) is 0 Å². The van der Waals surface area contributed by atoms with Crippen LogP contribution < -0.4 is 10.7 Å². The molecule has 2 N–H and O–H groups in total. The van der Waals surface area contributed by atoms with Crippen molar-refractivity contribution in [2.45, 2.75) is 6.42 Å². The number of hydrazone groups is 1. The fourth-order valence-corrected chi connectivity index (χ4v) is 1.07. The van der Waals surface area contributed by atoms with Crippen LogP contribution in [-0.2, 0) is 0 Å². The summed E-state index contributed by atoms with van der Waals surface area (Å²) in [6.07, 6.45) is 2.73. The molecule has 0 aliphatic rings. The maximum atomic E-state index is 4.10. The Labute approximate surface area is 87.1 Å². The lowest BCUT2D eigenvalue weighted by Gasteiger charge is -2.15. The molecule has 0 aromatic heterocycles. The molecule has 82 valence electrons. The number of nitrogens with zero attached hydrogens (tertiary/aromatic N) is 2. The highest BCUT2D eigenvalue weighted by Crippen LogP contribution is 1.91. The van der Waals surface area contributed by atoms with Crippen molar-refractivity contribution in [3.8, 4) is 0 Å². The Morgan fingerprint density at radius 1 is 1.43 bits per heavy atom. The van der Waals surface area contributed by atoms with E-state index in [1.807, 2.05) is 7.05 Å². The van der Waals surface area contributed by atoms with Crippen molar-refractivity contribution >= 4 is 5.71 Å². The summed E-state index contributed by atoms with van der Waals surface area (Å²) in [4.78, 5) is 2.27. The molecule has 4 nitrogen and oxygen atoms in total. The van der Waals surface area contributed by atoms with Crippen molar-refractivity contribution in [2.75, 3.05) is 40.8 Å². The van der Waals surface area contributed by atoms with Gasteiger partial charge >= 0.3 is 0 Å². The Kier molecular flexibility index (Phi) is 8.17. The molecule has 0 spiro atoms. The molecule has 0 unspecified atom stereocenters. The summed E-state index contributed by atoms with van der Waals surface area (Å²) in [6.45, 7) is 6.80. The Morgan fingerprint density at radius 2 is 2.14 bits per heavy atom. The Balaban J connectivity index is 3.68. The number of nitrogens with one attached hydrogen (secondary N) is 2. The number of rotatable bonds is 8. The molecule has 0 aliphatic heterocycles. The smallest absolute Gasteiger partial charge is 0.0609 e. The fraction of sp³-hybridized carbons (Fsp3) is 0.700. The minimum atomic E-state index is 0.935. The summed E-state index contributed by atoms with van der Waals surface area (Å²) in [5.41, 5.74) is 3.77. The van der Waals surface area contributed by atoms with E-state index < -0.39 is 0 Å². The summed E-state index contributed by atoms with van der Waals surface area (Å²) in [7, 11) is 5.87. The topological polar surface area (TPSA) is 39.7 Å². The molecule has 4 heteroatoms. The number of hydrogen-bond donors (Lipinski definition) is 2. The third-order valence-corrected chi connectivity index (χ3v) is 1.98. The summed E-state index contributed by atoms with van der Waals surface area (Å²) in [6, 6.07) is 0. The first kappa shape index (κ1) is 13.1. The van der Waals surface area contributed by atoms with Gasteiger partial charge in [-0.25, -0.2) is 0 Å². The second kappa shape index (κ2) is 8.72. The standard InChI is InChI=1S/C10H22N4/c1-5-10(13-12-3)6-8-14(4)9-7-11-2/h5,11-12H,1,6-9H2,2-4H3/b13-10-. The van der Waals surface area contributed by atoms with Crippen molar-refractivity contribution in [2.24, 2.45) is 5.10 Å². The Bertz CT molecular complexity index is 177. The van der Waals surface area contributed by atoms with Gasteiger partial charge in [-0.15, -0.1) is 0 Å². The summed E-state index contributed by atoms with van der Waals surface area (Å²) >= 11 is 0. The van der Waals surface area contributed by atoms with E-state index in [1.54, 1.807) is 13.1 Å². The second-order valence-electron chi connectivity index (χ2n) is 3.19. The zero-order chi connectivity index (χ0) is 10.8. The molecule has 0 amide bonds. The monoisotopic (exact) mass is 198 g/mol. The summed E-state index contributed by atoms with van der Waals surface area (Å²) in [5.74, 6) is 0. The van der Waals surface area contributed by atoms with Crippen LogP contribution in [0.3, 0.4) is 0 Å². The molecular weight excluding hydrogens is 176 g/mol. The normalized spacial score (nSPS) is 11.9. The maximum Gasteiger partial charge on any atom is 0.0609 e. The molecule has 0 saturated heterocycles. The molecule has 14 heavy (non-hydrogen) atoms. The zero-order valence-corrected chi connectivity index (χ0v) is 9.51. The summed E-state index contributed by atoms with van der Waals surface area (Å²) in [5, 5.41) is 7.22. The van der Waals surface area contributed by atoms with Crippen molar-refractivity contribution < 1.29 is 0 Å². The predicted molar refractivity (Wildman–Crippen MR) is 62.7 cm³/mol. The lowest BCUT2D eigenvalue weighted by atomic mass is 10.2. The molecule has 0 atom stereocenters. The molecule has 0 aliphatic carbocycles. The van der Waals surface area contributed by atoms with Crippen LogP contribution in [0.25, 0.3) is 0 Å². The quantitative estimate of drug-likeness (QED) is 0.435. The average molecular weight is 198 g/mol.